The third kappa shape index (κ3) is 7.83. The second kappa shape index (κ2) is 14.8. The van der Waals surface area contributed by atoms with Crippen molar-refractivity contribution in [1.82, 2.24) is 10.2 Å². The third-order valence-corrected chi connectivity index (χ3v) is 10.4. The van der Waals surface area contributed by atoms with Crippen LogP contribution in [-0.2, 0) is 35.0 Å². The Bertz CT molecular complexity index is 1450. The zero-order valence-corrected chi connectivity index (χ0v) is 30.3. The van der Waals surface area contributed by atoms with Gasteiger partial charge in [0.2, 0.25) is 5.91 Å². The number of halogens is 1. The fraction of sp³-hybridized carbons (Fsp3) is 0.629. The van der Waals surface area contributed by atoms with Crippen LogP contribution in [0.15, 0.2) is 35.9 Å². The maximum Gasteiger partial charge on any atom is 0.409 e. The number of epoxide rings is 1. The SMILES string of the molecule is COc1cc2cc(c1Cl)N(C)C(=O)C[C@H](OC(=O)[C@H](C)N(C)C(C)C)[C@]1(C)O[C@H]1[C@H](C)[C@@H]1C[C@@](O)(NC(=O)O1)[C@H](OC)/C=C/C=C(\C)C2. The zero-order chi connectivity index (χ0) is 35.7. The highest BCUT2D eigenvalue weighted by Gasteiger charge is 2.64. The lowest BCUT2D eigenvalue weighted by Crippen LogP contribution is -2.63. The number of anilines is 1. The van der Waals surface area contributed by atoms with Gasteiger partial charge in [-0.25, -0.2) is 4.79 Å². The van der Waals surface area contributed by atoms with Gasteiger partial charge in [0, 0.05) is 32.5 Å². The van der Waals surface area contributed by atoms with Gasteiger partial charge in [-0.05, 0) is 65.8 Å². The van der Waals surface area contributed by atoms with Crippen LogP contribution in [0.3, 0.4) is 0 Å². The number of carbonyl (C=O) groups is 3. The van der Waals surface area contributed by atoms with Gasteiger partial charge < -0.3 is 33.7 Å². The van der Waals surface area contributed by atoms with Gasteiger partial charge in [-0.3, -0.25) is 19.8 Å². The van der Waals surface area contributed by atoms with Crippen LogP contribution in [-0.4, -0.2) is 104 Å². The second-order valence-electron chi connectivity index (χ2n) is 13.7. The number of likely N-dealkylation sites (N-methyl/N-ethyl adjacent to an activating group) is 1. The highest BCUT2D eigenvalue weighted by molar-refractivity contribution is 6.35. The Kier molecular flexibility index (Phi) is 11.6. The molecule has 0 aromatic heterocycles. The molecule has 0 radical (unpaired) electrons. The van der Waals surface area contributed by atoms with E-state index < -0.39 is 59.8 Å². The second-order valence-corrected chi connectivity index (χ2v) is 14.0. The van der Waals surface area contributed by atoms with Crippen molar-refractivity contribution in [1.29, 1.82) is 0 Å². The minimum atomic E-state index is -1.78. The third-order valence-electron chi connectivity index (χ3n) is 9.98. The number of methoxy groups -OCH3 is 2. The number of esters is 1. The molecule has 0 aliphatic carbocycles. The minimum absolute atomic E-state index is 0.00609. The Hall–Kier alpha value is -3.16. The van der Waals surface area contributed by atoms with Crippen molar-refractivity contribution < 1.29 is 43.2 Å². The predicted octanol–water partition coefficient (Wildman–Crippen LogP) is 4.40. The number of aliphatic hydroxyl groups is 1. The van der Waals surface area contributed by atoms with E-state index in [0.29, 0.717) is 17.9 Å². The molecule has 2 N–H and O–H groups in total. The number of fused-ring (bicyclic) bond motifs is 5. The van der Waals surface area contributed by atoms with E-state index in [1.165, 1.54) is 19.1 Å². The molecule has 2 saturated heterocycles. The summed E-state index contributed by atoms with van der Waals surface area (Å²) in [5, 5.41) is 14.5. The van der Waals surface area contributed by atoms with Crippen LogP contribution in [0.2, 0.25) is 5.02 Å². The van der Waals surface area contributed by atoms with Crippen molar-refractivity contribution >= 4 is 35.3 Å². The van der Waals surface area contributed by atoms with Gasteiger partial charge >= 0.3 is 12.1 Å². The van der Waals surface area contributed by atoms with Crippen LogP contribution >= 0.6 is 11.6 Å². The van der Waals surface area contributed by atoms with Crippen molar-refractivity contribution in [3.8, 4) is 5.75 Å². The van der Waals surface area contributed by atoms with Gasteiger partial charge in [0.05, 0.1) is 25.3 Å². The molecule has 2 amide bonds. The number of nitrogens with zero attached hydrogens (tertiary/aromatic N) is 2. The standard InChI is InChI=1S/C35H50ClN3O9/c1-19(2)38(7)22(5)32(41)47-28-17-29(40)39(8)24-15-23(16-25(44-9)30(24)36)14-20(3)12-11-13-27(45-10)35(43)18-26(46-33(42)37-35)21(4)31-34(28,6)48-31/h11-13,15-16,19,21-22,26-28,31,43H,14,17-18H2,1-10H3,(H,37,42)/b13-11+,20-12+/t21-,22+,26+,27-,28+,31+,34+,35+/m1/s1. The van der Waals surface area contributed by atoms with Crippen LogP contribution in [0.4, 0.5) is 10.5 Å². The number of carbonyl (C=O) groups excluding carboxylic acids is 3. The number of hydrogen-bond donors (Lipinski definition) is 2. The van der Waals surface area contributed by atoms with Gasteiger partial charge in [-0.1, -0.05) is 42.3 Å². The van der Waals surface area contributed by atoms with E-state index in [2.05, 4.69) is 5.32 Å². The average molecular weight is 692 g/mol. The predicted molar refractivity (Wildman–Crippen MR) is 181 cm³/mol. The Labute approximate surface area is 288 Å². The molecular formula is C35H50ClN3O9. The fourth-order valence-electron chi connectivity index (χ4n) is 6.46. The normalized spacial score (nSPS) is 33.6. The molecule has 12 nitrogen and oxygen atoms in total. The van der Waals surface area contributed by atoms with Gasteiger partial charge in [-0.15, -0.1) is 0 Å². The van der Waals surface area contributed by atoms with E-state index in [0.717, 1.165) is 11.1 Å². The fourth-order valence-corrected chi connectivity index (χ4v) is 6.77. The maximum absolute atomic E-state index is 14.0. The number of allylic oxidation sites excluding steroid dienone is 3. The van der Waals surface area contributed by atoms with Crippen molar-refractivity contribution in [3.63, 3.8) is 0 Å². The molecule has 2 fully saturated rings. The first-order valence-electron chi connectivity index (χ1n) is 16.3. The summed E-state index contributed by atoms with van der Waals surface area (Å²) in [7, 11) is 6.41. The molecule has 4 bridgehead atoms. The molecule has 0 saturated carbocycles. The number of rotatable bonds is 6. The maximum atomic E-state index is 14.0. The van der Waals surface area contributed by atoms with E-state index >= 15 is 0 Å². The summed E-state index contributed by atoms with van der Waals surface area (Å²) in [6.07, 6.45) is 1.52. The first kappa shape index (κ1) is 37.7. The van der Waals surface area contributed by atoms with E-state index in [4.69, 9.17) is 35.3 Å². The van der Waals surface area contributed by atoms with Crippen molar-refractivity contribution in [2.45, 2.75) is 109 Å². The summed E-state index contributed by atoms with van der Waals surface area (Å²) in [5.41, 5.74) is -0.654. The number of amides is 2. The Morgan fingerprint density at radius 1 is 1.23 bits per heavy atom. The lowest BCUT2D eigenvalue weighted by atomic mass is 9.83. The summed E-state index contributed by atoms with van der Waals surface area (Å²) in [4.78, 5) is 43.6. The molecule has 48 heavy (non-hydrogen) atoms. The summed E-state index contributed by atoms with van der Waals surface area (Å²) in [5.74, 6) is -0.920. The molecule has 0 unspecified atom stereocenters. The molecule has 13 heteroatoms. The van der Waals surface area contributed by atoms with Crippen molar-refractivity contribution in [2.24, 2.45) is 5.92 Å². The van der Waals surface area contributed by atoms with E-state index in [1.807, 2.05) is 57.9 Å². The molecule has 1 aromatic carbocycles. The highest BCUT2D eigenvalue weighted by Crippen LogP contribution is 2.49. The molecule has 3 aliphatic rings. The van der Waals surface area contributed by atoms with Crippen LogP contribution in [0.25, 0.3) is 0 Å². The molecule has 0 spiro atoms. The average Bonchev–Trinajstić information content (AvgIpc) is 3.73. The molecule has 3 heterocycles. The zero-order valence-electron chi connectivity index (χ0n) is 29.5. The number of alkyl carbamates (subject to hydrolysis) is 1. The monoisotopic (exact) mass is 691 g/mol. The quantitative estimate of drug-likeness (QED) is 0.326. The Morgan fingerprint density at radius 3 is 2.54 bits per heavy atom. The lowest BCUT2D eigenvalue weighted by molar-refractivity contribution is -0.159. The molecule has 266 valence electrons. The molecular weight excluding hydrogens is 642 g/mol. The van der Waals surface area contributed by atoms with Gasteiger partial charge in [0.15, 0.2) is 5.72 Å². The van der Waals surface area contributed by atoms with Crippen LogP contribution in [0.1, 0.15) is 59.9 Å². The molecule has 4 rings (SSSR count). The minimum Gasteiger partial charge on any atom is -0.495 e. The number of hydrogen-bond acceptors (Lipinski definition) is 10. The molecule has 8 atom stereocenters. The first-order chi connectivity index (χ1) is 22.4. The van der Waals surface area contributed by atoms with Crippen LogP contribution < -0.4 is 15.0 Å². The summed E-state index contributed by atoms with van der Waals surface area (Å²) < 4.78 is 29.2. The summed E-state index contributed by atoms with van der Waals surface area (Å²) in [6, 6.07) is 3.11. The van der Waals surface area contributed by atoms with E-state index in [9.17, 15) is 19.5 Å². The van der Waals surface area contributed by atoms with Crippen LogP contribution in [0, 0.1) is 5.92 Å². The Morgan fingerprint density at radius 2 is 1.92 bits per heavy atom. The largest absolute Gasteiger partial charge is 0.495 e. The van der Waals surface area contributed by atoms with E-state index in [-0.39, 0.29) is 29.8 Å². The molecule has 3 aliphatic heterocycles. The van der Waals surface area contributed by atoms with Gasteiger partial charge in [0.1, 0.15) is 40.7 Å². The number of benzene rings is 1. The topological polar surface area (TPSA) is 139 Å². The Balaban J connectivity index is 1.79. The van der Waals surface area contributed by atoms with Gasteiger partial charge in [-0.2, -0.15) is 0 Å². The first-order valence-corrected chi connectivity index (χ1v) is 16.6. The smallest absolute Gasteiger partial charge is 0.409 e. The highest BCUT2D eigenvalue weighted by atomic mass is 35.5. The van der Waals surface area contributed by atoms with E-state index in [1.54, 1.807) is 33.0 Å². The van der Waals surface area contributed by atoms with Crippen molar-refractivity contribution in [2.75, 3.05) is 33.2 Å². The molecule has 1 aromatic rings. The van der Waals surface area contributed by atoms with Crippen LogP contribution in [0.5, 0.6) is 5.75 Å². The number of nitrogens with one attached hydrogen (secondary N) is 1. The van der Waals surface area contributed by atoms with Crippen molar-refractivity contribution in [3.05, 3.63) is 46.5 Å². The number of ether oxygens (including phenoxy) is 5. The summed E-state index contributed by atoms with van der Waals surface area (Å²) >= 11 is 6.74. The summed E-state index contributed by atoms with van der Waals surface area (Å²) in [6.45, 7) is 11.2. The van der Waals surface area contributed by atoms with Gasteiger partial charge in [0.25, 0.3) is 0 Å². The lowest BCUT2D eigenvalue weighted by Gasteiger charge is -2.42.